The van der Waals surface area contributed by atoms with Crippen LogP contribution in [0.5, 0.6) is 5.75 Å². The molecule has 0 saturated carbocycles. The van der Waals surface area contributed by atoms with Crippen molar-refractivity contribution in [3.8, 4) is 5.75 Å². The number of amides is 1. The molecule has 3 aromatic rings. The van der Waals surface area contributed by atoms with Gasteiger partial charge < -0.3 is 10.1 Å². The van der Waals surface area contributed by atoms with Crippen molar-refractivity contribution in [2.45, 2.75) is 6.61 Å². The second-order valence-electron chi connectivity index (χ2n) is 5.68. The molecule has 3 aromatic carbocycles. The first-order valence-corrected chi connectivity index (χ1v) is 8.05. The fourth-order valence-corrected chi connectivity index (χ4v) is 2.40. The van der Waals surface area contributed by atoms with Gasteiger partial charge in [-0.25, -0.2) is 0 Å². The number of rotatable bonds is 6. The minimum absolute atomic E-state index is 0.128. The first-order chi connectivity index (χ1) is 13.0. The fourth-order valence-electron chi connectivity index (χ4n) is 2.40. The van der Waals surface area contributed by atoms with Crippen LogP contribution < -0.4 is 10.1 Å². The molecular formula is C20H15FN2O4. The van der Waals surface area contributed by atoms with Crippen LogP contribution in [0.2, 0.25) is 0 Å². The number of halogens is 1. The lowest BCUT2D eigenvalue weighted by molar-refractivity contribution is -0.387. The molecule has 3 rings (SSSR count). The average Bonchev–Trinajstić information content (AvgIpc) is 2.68. The van der Waals surface area contributed by atoms with Crippen molar-refractivity contribution in [1.29, 1.82) is 0 Å². The van der Waals surface area contributed by atoms with E-state index in [1.165, 1.54) is 6.07 Å². The molecule has 0 spiro atoms. The van der Waals surface area contributed by atoms with Gasteiger partial charge in [0, 0.05) is 17.3 Å². The molecule has 0 aromatic heterocycles. The van der Waals surface area contributed by atoms with Crippen LogP contribution in [-0.2, 0) is 6.61 Å². The van der Waals surface area contributed by atoms with Gasteiger partial charge in [-0.3, -0.25) is 14.9 Å². The maximum absolute atomic E-state index is 13.4. The molecular weight excluding hydrogens is 351 g/mol. The Labute approximate surface area is 154 Å². The highest BCUT2D eigenvalue weighted by atomic mass is 19.1. The van der Waals surface area contributed by atoms with Crippen molar-refractivity contribution in [3.63, 3.8) is 0 Å². The lowest BCUT2D eigenvalue weighted by atomic mass is 10.2. The van der Waals surface area contributed by atoms with Gasteiger partial charge in [0.15, 0.2) is 0 Å². The minimum atomic E-state index is -0.964. The maximum Gasteiger partial charge on any atom is 0.306 e. The van der Waals surface area contributed by atoms with Crippen LogP contribution in [-0.4, -0.2) is 10.8 Å². The highest BCUT2D eigenvalue weighted by molar-refractivity contribution is 6.04. The molecule has 136 valence electrons. The van der Waals surface area contributed by atoms with Gasteiger partial charge in [0.25, 0.3) is 5.91 Å². The van der Waals surface area contributed by atoms with Crippen LogP contribution in [0, 0.1) is 15.9 Å². The van der Waals surface area contributed by atoms with Gasteiger partial charge in [0.1, 0.15) is 12.4 Å². The monoisotopic (exact) mass is 366 g/mol. The highest BCUT2D eigenvalue weighted by Crippen LogP contribution is 2.23. The molecule has 0 aliphatic heterocycles. The summed E-state index contributed by atoms with van der Waals surface area (Å²) < 4.78 is 19.1. The predicted octanol–water partition coefficient (Wildman–Crippen LogP) is 4.57. The summed E-state index contributed by atoms with van der Waals surface area (Å²) in [4.78, 5) is 22.3. The summed E-state index contributed by atoms with van der Waals surface area (Å²) in [6.45, 7) is 0.357. The molecule has 0 radical (unpaired) electrons. The molecule has 6 nitrogen and oxygen atoms in total. The Morgan fingerprint density at radius 1 is 1.04 bits per heavy atom. The van der Waals surface area contributed by atoms with E-state index in [1.54, 1.807) is 24.3 Å². The summed E-state index contributed by atoms with van der Waals surface area (Å²) in [5, 5.41) is 13.3. The average molecular weight is 366 g/mol. The van der Waals surface area contributed by atoms with Gasteiger partial charge in [-0.2, -0.15) is 4.39 Å². The topological polar surface area (TPSA) is 81.5 Å². The Bertz CT molecular complexity index is 977. The number of nitro benzene ring substituents is 1. The smallest absolute Gasteiger partial charge is 0.306 e. The minimum Gasteiger partial charge on any atom is -0.489 e. The third-order valence-corrected chi connectivity index (χ3v) is 3.75. The van der Waals surface area contributed by atoms with Crippen molar-refractivity contribution in [1.82, 2.24) is 0 Å². The molecule has 27 heavy (non-hydrogen) atoms. The molecule has 0 saturated heterocycles. The van der Waals surface area contributed by atoms with E-state index in [2.05, 4.69) is 5.32 Å². The molecule has 0 aliphatic rings. The van der Waals surface area contributed by atoms with E-state index in [4.69, 9.17) is 4.74 Å². The number of ether oxygens (including phenoxy) is 1. The van der Waals surface area contributed by atoms with E-state index in [0.717, 1.165) is 17.7 Å². The zero-order chi connectivity index (χ0) is 19.2. The number of hydrogen-bond donors (Lipinski definition) is 1. The van der Waals surface area contributed by atoms with Gasteiger partial charge in [-0.1, -0.05) is 36.4 Å². The Morgan fingerprint density at radius 2 is 1.81 bits per heavy atom. The standard InChI is InChI=1S/C20H15FN2O4/c21-18-10-9-16(12-19(18)23(25)26)22-20(24)15-7-4-8-17(11-15)27-13-14-5-2-1-3-6-14/h1-12H,13H2,(H,22,24). The quantitative estimate of drug-likeness (QED) is 0.512. The largest absolute Gasteiger partial charge is 0.489 e. The molecule has 1 amide bonds. The lowest BCUT2D eigenvalue weighted by Crippen LogP contribution is -2.12. The Kier molecular flexibility index (Phi) is 5.41. The summed E-state index contributed by atoms with van der Waals surface area (Å²) in [6.07, 6.45) is 0. The zero-order valence-electron chi connectivity index (χ0n) is 14.1. The third kappa shape index (κ3) is 4.66. The number of carbonyl (C=O) groups is 1. The van der Waals surface area contributed by atoms with Crippen LogP contribution in [0.1, 0.15) is 15.9 Å². The molecule has 0 unspecified atom stereocenters. The Hall–Kier alpha value is -3.74. The summed E-state index contributed by atoms with van der Waals surface area (Å²) in [5.74, 6) is -0.938. The number of nitrogens with one attached hydrogen (secondary N) is 1. The van der Waals surface area contributed by atoms with Crippen LogP contribution in [0.4, 0.5) is 15.8 Å². The van der Waals surface area contributed by atoms with Crippen molar-refractivity contribution in [2.75, 3.05) is 5.32 Å². The maximum atomic E-state index is 13.4. The van der Waals surface area contributed by atoms with Crippen molar-refractivity contribution < 1.29 is 18.8 Å². The van der Waals surface area contributed by atoms with E-state index >= 15 is 0 Å². The summed E-state index contributed by atoms with van der Waals surface area (Å²) >= 11 is 0. The van der Waals surface area contributed by atoms with E-state index < -0.39 is 22.3 Å². The number of nitro groups is 1. The summed E-state index contributed by atoms with van der Waals surface area (Å²) in [6, 6.07) is 19.3. The van der Waals surface area contributed by atoms with Crippen molar-refractivity contribution in [3.05, 3.63) is 99.9 Å². The second-order valence-corrected chi connectivity index (χ2v) is 5.68. The first-order valence-electron chi connectivity index (χ1n) is 8.05. The lowest BCUT2D eigenvalue weighted by Gasteiger charge is -2.09. The van der Waals surface area contributed by atoms with Gasteiger partial charge in [-0.05, 0) is 35.9 Å². The normalized spacial score (nSPS) is 10.3. The van der Waals surface area contributed by atoms with Gasteiger partial charge >= 0.3 is 5.69 Å². The number of carbonyl (C=O) groups excluding carboxylic acids is 1. The Balaban J connectivity index is 1.70. The predicted molar refractivity (Wildman–Crippen MR) is 98.2 cm³/mol. The number of nitrogens with zero attached hydrogens (tertiary/aromatic N) is 1. The van der Waals surface area contributed by atoms with Gasteiger partial charge in [-0.15, -0.1) is 0 Å². The zero-order valence-corrected chi connectivity index (χ0v) is 14.1. The van der Waals surface area contributed by atoms with E-state index in [-0.39, 0.29) is 5.69 Å². The summed E-state index contributed by atoms with van der Waals surface area (Å²) in [7, 11) is 0. The first kappa shape index (κ1) is 18.1. The number of anilines is 1. The van der Waals surface area contributed by atoms with Crippen molar-refractivity contribution >= 4 is 17.3 Å². The third-order valence-electron chi connectivity index (χ3n) is 3.75. The van der Waals surface area contributed by atoms with E-state index in [1.807, 2.05) is 30.3 Å². The highest BCUT2D eigenvalue weighted by Gasteiger charge is 2.16. The number of hydrogen-bond acceptors (Lipinski definition) is 4. The van der Waals surface area contributed by atoms with Crippen LogP contribution in [0.25, 0.3) is 0 Å². The van der Waals surface area contributed by atoms with Gasteiger partial charge in [0.05, 0.1) is 4.92 Å². The Morgan fingerprint density at radius 3 is 2.56 bits per heavy atom. The molecule has 0 atom stereocenters. The molecule has 0 fully saturated rings. The molecule has 1 N–H and O–H groups in total. The molecule has 0 heterocycles. The van der Waals surface area contributed by atoms with E-state index in [9.17, 15) is 19.3 Å². The fraction of sp³-hybridized carbons (Fsp3) is 0.0500. The van der Waals surface area contributed by atoms with E-state index in [0.29, 0.717) is 17.9 Å². The van der Waals surface area contributed by atoms with Gasteiger partial charge in [0.2, 0.25) is 5.82 Å². The second kappa shape index (κ2) is 8.09. The van der Waals surface area contributed by atoms with Crippen molar-refractivity contribution in [2.24, 2.45) is 0 Å². The van der Waals surface area contributed by atoms with Crippen LogP contribution in [0.15, 0.2) is 72.8 Å². The van der Waals surface area contributed by atoms with Crippen LogP contribution >= 0.6 is 0 Å². The SMILES string of the molecule is O=C(Nc1ccc(F)c([N+](=O)[O-])c1)c1cccc(OCc2ccccc2)c1. The number of benzene rings is 3. The summed E-state index contributed by atoms with van der Waals surface area (Å²) in [5.41, 5.74) is 0.731. The molecule has 0 bridgehead atoms. The van der Waals surface area contributed by atoms with Crippen LogP contribution in [0.3, 0.4) is 0 Å². The molecule has 7 heteroatoms. The molecule has 0 aliphatic carbocycles.